The topological polar surface area (TPSA) is 9.23 Å². The first-order chi connectivity index (χ1) is 3.39. The molecule has 0 bridgehead atoms. The molecule has 0 saturated carbocycles. The van der Waals surface area contributed by atoms with Crippen LogP contribution in [0.1, 0.15) is 6.42 Å². The molecule has 1 aliphatic heterocycles. The van der Waals surface area contributed by atoms with E-state index in [1.54, 1.807) is 0 Å². The molecular weight excluding hydrogens is 120 g/mol. The van der Waals surface area contributed by atoms with E-state index in [1.165, 1.54) is 18.5 Å². The van der Waals surface area contributed by atoms with Crippen LogP contribution in [0, 0.1) is 0 Å². The average molecular weight is 132 g/mol. The minimum absolute atomic E-state index is 0.0228. The summed E-state index contributed by atoms with van der Waals surface area (Å²) < 4.78 is 5.56. The van der Waals surface area contributed by atoms with E-state index in [0.29, 0.717) is 0 Å². The summed E-state index contributed by atoms with van der Waals surface area (Å²) in [4.78, 5) is 0. The van der Waals surface area contributed by atoms with Gasteiger partial charge in [0.05, 0.1) is 0 Å². The largest absolute Gasteiger partial charge is 0.463 e. The maximum atomic E-state index is 5.56. The normalized spacial score (nSPS) is 36.4. The molecule has 1 unspecified atom stereocenters. The van der Waals surface area contributed by atoms with Crippen LogP contribution in [0.15, 0.2) is 0 Å². The number of rotatable bonds is 0. The summed E-state index contributed by atoms with van der Waals surface area (Å²) in [7, 11) is -0.510. The first-order valence-corrected chi connectivity index (χ1v) is 7.03. The van der Waals surface area contributed by atoms with Gasteiger partial charge in [0, 0.05) is 0 Å². The Bertz CT molecular complexity index is 51.7. The lowest BCUT2D eigenvalue weighted by atomic mass is 10.6. The Hall–Kier alpha value is 0.394. The van der Waals surface area contributed by atoms with Crippen LogP contribution in [0.3, 0.4) is 0 Å². The van der Waals surface area contributed by atoms with Crippen molar-refractivity contribution in [3.63, 3.8) is 0 Å². The Morgan fingerprint density at radius 2 is 2.57 bits per heavy atom. The van der Waals surface area contributed by atoms with Gasteiger partial charge in [0.2, 0.25) is 0 Å². The highest BCUT2D eigenvalue weighted by atomic mass is 28.3. The molecule has 0 N–H and O–H groups in total. The van der Waals surface area contributed by atoms with Gasteiger partial charge < -0.3 is 4.12 Å². The molecule has 42 valence electrons. The first kappa shape index (κ1) is 5.53. The van der Waals surface area contributed by atoms with Gasteiger partial charge in [-0.05, 0) is 18.6 Å². The molecule has 0 amide bonds. The lowest BCUT2D eigenvalue weighted by molar-refractivity contribution is 0.584. The highest BCUT2D eigenvalue weighted by molar-refractivity contribution is 6.58. The van der Waals surface area contributed by atoms with Gasteiger partial charge in [-0.2, -0.15) is 0 Å². The van der Waals surface area contributed by atoms with E-state index in [1.807, 2.05) is 0 Å². The molecule has 0 radical (unpaired) electrons. The van der Waals surface area contributed by atoms with Crippen LogP contribution in [0.5, 0.6) is 0 Å². The van der Waals surface area contributed by atoms with Gasteiger partial charge in [-0.3, -0.25) is 0 Å². The van der Waals surface area contributed by atoms with Crippen LogP contribution < -0.4 is 0 Å². The lowest BCUT2D eigenvalue weighted by Crippen LogP contribution is -2.20. The Morgan fingerprint density at radius 1 is 1.71 bits per heavy atom. The van der Waals surface area contributed by atoms with Crippen LogP contribution >= 0.6 is 0 Å². The van der Waals surface area contributed by atoms with Crippen molar-refractivity contribution in [1.82, 2.24) is 0 Å². The van der Waals surface area contributed by atoms with Crippen molar-refractivity contribution < 1.29 is 4.12 Å². The second kappa shape index (κ2) is 2.64. The van der Waals surface area contributed by atoms with Crippen molar-refractivity contribution in [2.75, 3.05) is 0 Å². The van der Waals surface area contributed by atoms with E-state index < -0.39 is 9.04 Å². The molecule has 1 aliphatic rings. The molecule has 1 nitrogen and oxygen atoms in total. The number of hydrogen-bond donors (Lipinski definition) is 0. The summed E-state index contributed by atoms with van der Waals surface area (Å²) in [6, 6.07) is 2.88. The van der Waals surface area contributed by atoms with Crippen molar-refractivity contribution in [3.8, 4) is 0 Å². The first-order valence-electron chi connectivity index (χ1n) is 3.01. The minimum atomic E-state index is -0.533. The molecule has 0 aromatic carbocycles. The Labute approximate surface area is 48.7 Å². The van der Waals surface area contributed by atoms with Gasteiger partial charge in [-0.15, -0.1) is 0 Å². The van der Waals surface area contributed by atoms with Crippen molar-refractivity contribution in [1.29, 1.82) is 0 Å². The van der Waals surface area contributed by atoms with E-state index in [4.69, 9.17) is 4.12 Å². The molecule has 1 saturated heterocycles. The second-order valence-electron chi connectivity index (χ2n) is 2.18. The van der Waals surface area contributed by atoms with Gasteiger partial charge >= 0.3 is 0 Å². The molecule has 0 aromatic heterocycles. The lowest BCUT2D eigenvalue weighted by Gasteiger charge is -2.16. The summed E-state index contributed by atoms with van der Waals surface area (Å²) in [5.41, 5.74) is 0. The third kappa shape index (κ3) is 1.75. The van der Waals surface area contributed by atoms with Crippen molar-refractivity contribution >= 4 is 18.8 Å². The molecule has 0 aliphatic carbocycles. The van der Waals surface area contributed by atoms with E-state index in [9.17, 15) is 0 Å². The fourth-order valence-electron chi connectivity index (χ4n) is 0.902. The zero-order chi connectivity index (χ0) is 5.11. The second-order valence-corrected chi connectivity index (χ2v) is 6.82. The highest BCUT2D eigenvalue weighted by Crippen LogP contribution is 2.08. The number of hydrogen-bond acceptors (Lipinski definition) is 1. The smallest absolute Gasteiger partial charge is 0.159 e. The SMILES string of the molecule is C[SiH]1CCC[SiH2]O1. The summed E-state index contributed by atoms with van der Waals surface area (Å²) in [5.74, 6) is 0. The van der Waals surface area contributed by atoms with Gasteiger partial charge in [0.1, 0.15) is 9.76 Å². The van der Waals surface area contributed by atoms with Gasteiger partial charge in [-0.25, -0.2) is 0 Å². The maximum absolute atomic E-state index is 5.56. The average Bonchev–Trinajstić information content (AvgIpc) is 1.69. The summed E-state index contributed by atoms with van der Waals surface area (Å²) >= 11 is 0. The molecule has 7 heavy (non-hydrogen) atoms. The van der Waals surface area contributed by atoms with Crippen molar-refractivity contribution in [3.05, 3.63) is 0 Å². The van der Waals surface area contributed by atoms with E-state index >= 15 is 0 Å². The van der Waals surface area contributed by atoms with Gasteiger partial charge in [0.15, 0.2) is 9.04 Å². The Morgan fingerprint density at radius 3 is 2.86 bits per heavy atom. The standard InChI is InChI=1S/C4H12OSi2/c1-7-4-2-3-6-5-7/h7H,2-4,6H2,1H3. The molecule has 3 heteroatoms. The third-order valence-electron chi connectivity index (χ3n) is 1.41. The van der Waals surface area contributed by atoms with Gasteiger partial charge in [-0.1, -0.05) is 6.42 Å². The van der Waals surface area contributed by atoms with Crippen molar-refractivity contribution in [2.45, 2.75) is 25.1 Å². The molecule has 0 aromatic rings. The van der Waals surface area contributed by atoms with Crippen LogP contribution in [0.2, 0.25) is 18.6 Å². The molecule has 1 rings (SSSR count). The van der Waals surface area contributed by atoms with Crippen LogP contribution in [0.4, 0.5) is 0 Å². The van der Waals surface area contributed by atoms with E-state index in [2.05, 4.69) is 6.55 Å². The monoisotopic (exact) mass is 132 g/mol. The molecular formula is C4H12OSi2. The van der Waals surface area contributed by atoms with Crippen LogP contribution in [0.25, 0.3) is 0 Å². The highest BCUT2D eigenvalue weighted by Gasteiger charge is 2.08. The molecule has 0 spiro atoms. The summed E-state index contributed by atoms with van der Waals surface area (Å²) in [6.45, 7) is 2.31. The fraction of sp³-hybridized carbons (Fsp3) is 1.00. The predicted octanol–water partition coefficient (Wildman–Crippen LogP) is 0.262. The zero-order valence-electron chi connectivity index (χ0n) is 4.81. The Balaban J connectivity index is 2.12. The predicted molar refractivity (Wildman–Crippen MR) is 36.9 cm³/mol. The van der Waals surface area contributed by atoms with Crippen LogP contribution in [-0.4, -0.2) is 18.8 Å². The summed E-state index contributed by atoms with van der Waals surface area (Å²) in [5, 5.41) is 0. The summed E-state index contributed by atoms with van der Waals surface area (Å²) in [6.07, 6.45) is 1.49. The van der Waals surface area contributed by atoms with E-state index in [-0.39, 0.29) is 9.76 Å². The third-order valence-corrected chi connectivity index (χ3v) is 6.64. The molecule has 1 atom stereocenters. The molecule has 1 fully saturated rings. The zero-order valence-corrected chi connectivity index (χ0v) is 7.38. The molecule has 1 heterocycles. The Kier molecular flexibility index (Phi) is 2.09. The maximum Gasteiger partial charge on any atom is 0.159 e. The van der Waals surface area contributed by atoms with E-state index in [0.717, 1.165) is 0 Å². The van der Waals surface area contributed by atoms with Gasteiger partial charge in [0.25, 0.3) is 0 Å². The van der Waals surface area contributed by atoms with Crippen molar-refractivity contribution in [2.24, 2.45) is 0 Å². The minimum Gasteiger partial charge on any atom is -0.463 e. The quantitative estimate of drug-likeness (QED) is 0.430. The fourth-order valence-corrected chi connectivity index (χ4v) is 5.78. The van der Waals surface area contributed by atoms with Crippen LogP contribution in [-0.2, 0) is 4.12 Å².